The second kappa shape index (κ2) is 7.87. The van der Waals surface area contributed by atoms with Crippen LogP contribution in [0.25, 0.3) is 21.9 Å². The number of H-pyrrole nitrogens is 1. The van der Waals surface area contributed by atoms with E-state index in [0.717, 1.165) is 61.2 Å². The van der Waals surface area contributed by atoms with Crippen molar-refractivity contribution < 1.29 is 13.7 Å². The molecule has 0 amide bonds. The molecule has 2 aromatic heterocycles. The van der Waals surface area contributed by atoms with Crippen LogP contribution in [0.4, 0.5) is 4.39 Å². The Labute approximate surface area is 168 Å². The number of nitrogens with zero attached hydrogens (tertiary/aromatic N) is 2. The van der Waals surface area contributed by atoms with E-state index in [0.29, 0.717) is 18.1 Å². The number of hydrogen-bond acceptors (Lipinski definition) is 4. The summed E-state index contributed by atoms with van der Waals surface area (Å²) < 4.78 is 24.7. The van der Waals surface area contributed by atoms with Crippen molar-refractivity contribution in [1.82, 2.24) is 15.0 Å². The summed E-state index contributed by atoms with van der Waals surface area (Å²) >= 11 is 0. The van der Waals surface area contributed by atoms with Gasteiger partial charge in [-0.1, -0.05) is 17.3 Å². The molecule has 5 rings (SSSR count). The van der Waals surface area contributed by atoms with Crippen LogP contribution in [-0.2, 0) is 0 Å². The van der Waals surface area contributed by atoms with Crippen LogP contribution in [0.1, 0.15) is 30.9 Å². The Morgan fingerprint density at radius 1 is 1.17 bits per heavy atom. The first-order chi connectivity index (χ1) is 14.3. The van der Waals surface area contributed by atoms with Gasteiger partial charge >= 0.3 is 0 Å². The molecule has 1 fully saturated rings. The molecule has 0 aliphatic carbocycles. The van der Waals surface area contributed by atoms with Crippen LogP contribution in [0.3, 0.4) is 0 Å². The maximum atomic E-state index is 13.3. The fourth-order valence-electron chi connectivity index (χ4n) is 4.30. The Morgan fingerprint density at radius 3 is 2.97 bits per heavy atom. The molecule has 29 heavy (non-hydrogen) atoms. The zero-order valence-corrected chi connectivity index (χ0v) is 16.2. The van der Waals surface area contributed by atoms with Gasteiger partial charge < -0.3 is 19.1 Å². The number of nitrogens with one attached hydrogen (secondary N) is 1. The first-order valence-electron chi connectivity index (χ1n) is 10.2. The van der Waals surface area contributed by atoms with Crippen LogP contribution in [0.15, 0.2) is 53.2 Å². The molecule has 0 bridgehead atoms. The lowest BCUT2D eigenvalue weighted by Crippen LogP contribution is -2.34. The van der Waals surface area contributed by atoms with Crippen molar-refractivity contribution in [3.8, 4) is 5.75 Å². The first-order valence-corrected chi connectivity index (χ1v) is 10.2. The molecule has 1 aliphatic rings. The van der Waals surface area contributed by atoms with E-state index < -0.39 is 0 Å². The average Bonchev–Trinajstić information content (AvgIpc) is 3.38. The van der Waals surface area contributed by atoms with Crippen LogP contribution < -0.4 is 4.74 Å². The number of likely N-dealkylation sites (tertiary alicyclic amines) is 1. The van der Waals surface area contributed by atoms with Gasteiger partial charge in [-0.25, -0.2) is 4.39 Å². The van der Waals surface area contributed by atoms with Crippen molar-refractivity contribution in [3.63, 3.8) is 0 Å². The molecule has 5 nitrogen and oxygen atoms in total. The molecule has 1 aliphatic heterocycles. The van der Waals surface area contributed by atoms with E-state index in [-0.39, 0.29) is 5.82 Å². The monoisotopic (exact) mass is 393 g/mol. The third kappa shape index (κ3) is 3.72. The number of aromatic nitrogens is 2. The zero-order valence-electron chi connectivity index (χ0n) is 16.2. The highest BCUT2D eigenvalue weighted by Crippen LogP contribution is 2.32. The van der Waals surface area contributed by atoms with Crippen LogP contribution in [0.2, 0.25) is 0 Å². The van der Waals surface area contributed by atoms with E-state index >= 15 is 0 Å². The highest BCUT2D eigenvalue weighted by molar-refractivity contribution is 5.85. The van der Waals surface area contributed by atoms with E-state index in [1.807, 2.05) is 18.3 Å². The Hall–Kier alpha value is -2.86. The van der Waals surface area contributed by atoms with Crippen molar-refractivity contribution in [2.75, 3.05) is 26.2 Å². The summed E-state index contributed by atoms with van der Waals surface area (Å²) in [5.74, 6) is 1.00. The highest BCUT2D eigenvalue weighted by Gasteiger charge is 2.25. The topological polar surface area (TPSA) is 54.3 Å². The molecule has 2 aromatic carbocycles. The van der Waals surface area contributed by atoms with Gasteiger partial charge in [0.1, 0.15) is 11.6 Å². The molecule has 3 heterocycles. The molecule has 4 aromatic rings. The van der Waals surface area contributed by atoms with Gasteiger partial charge in [-0.15, -0.1) is 0 Å². The van der Waals surface area contributed by atoms with Gasteiger partial charge in [-0.2, -0.15) is 0 Å². The lowest BCUT2D eigenvalue weighted by Gasteiger charge is -2.31. The molecular formula is C23H24FN3O2. The summed E-state index contributed by atoms with van der Waals surface area (Å²) in [7, 11) is 0. The average molecular weight is 393 g/mol. The van der Waals surface area contributed by atoms with E-state index in [4.69, 9.17) is 9.26 Å². The van der Waals surface area contributed by atoms with Gasteiger partial charge in [-0.05, 0) is 56.6 Å². The van der Waals surface area contributed by atoms with Crippen LogP contribution >= 0.6 is 0 Å². The molecule has 0 saturated carbocycles. The number of hydrogen-bond donors (Lipinski definition) is 1. The minimum absolute atomic E-state index is 0.287. The zero-order chi connectivity index (χ0) is 19.6. The number of aromatic amines is 1. The number of para-hydroxylation sites is 1. The molecule has 0 spiro atoms. The van der Waals surface area contributed by atoms with Crippen LogP contribution in [0, 0.1) is 5.82 Å². The molecular weight excluding hydrogens is 369 g/mol. The van der Waals surface area contributed by atoms with Crippen LogP contribution in [-0.4, -0.2) is 41.3 Å². The molecule has 6 heteroatoms. The molecule has 1 saturated heterocycles. The predicted molar refractivity (Wildman–Crippen MR) is 111 cm³/mol. The highest BCUT2D eigenvalue weighted by atomic mass is 19.1. The van der Waals surface area contributed by atoms with Crippen molar-refractivity contribution >= 4 is 21.9 Å². The summed E-state index contributed by atoms with van der Waals surface area (Å²) in [6, 6.07) is 12.8. The lowest BCUT2D eigenvalue weighted by atomic mass is 9.91. The maximum Gasteiger partial charge on any atom is 0.170 e. The Morgan fingerprint density at radius 2 is 2.07 bits per heavy atom. The number of ether oxygens (including phenoxy) is 1. The smallest absolute Gasteiger partial charge is 0.170 e. The Kier molecular flexibility index (Phi) is 4.94. The second-order valence-corrected chi connectivity index (χ2v) is 7.72. The summed E-state index contributed by atoms with van der Waals surface area (Å²) in [4.78, 5) is 5.73. The van der Waals surface area contributed by atoms with Gasteiger partial charge in [0.25, 0.3) is 0 Å². The number of benzene rings is 2. The predicted octanol–water partition coefficient (Wildman–Crippen LogP) is 5.10. The minimum Gasteiger partial charge on any atom is -0.491 e. The standard InChI is InChI=1S/C23H24FN3O2/c24-18-5-6-19-21(15-18)29-26-22(19)17-8-12-27(13-9-17)11-2-14-28-20-4-1-3-16-7-10-25-23(16)20/h1,3-7,10,15,17,25H,2,8-9,11-14H2. The van der Waals surface area contributed by atoms with Crippen LogP contribution in [0.5, 0.6) is 5.75 Å². The van der Waals surface area contributed by atoms with E-state index in [2.05, 4.69) is 27.2 Å². The number of rotatable bonds is 6. The number of halogens is 1. The molecule has 1 N–H and O–H groups in total. The normalized spacial score (nSPS) is 16.0. The van der Waals surface area contributed by atoms with Gasteiger partial charge in [0.05, 0.1) is 17.8 Å². The SMILES string of the molecule is Fc1ccc2c(C3CCN(CCCOc4cccc5cc[nH]c45)CC3)noc2c1. The largest absolute Gasteiger partial charge is 0.491 e. The summed E-state index contributed by atoms with van der Waals surface area (Å²) in [6.45, 7) is 3.80. The Balaban J connectivity index is 1.11. The van der Waals surface area contributed by atoms with Crippen molar-refractivity contribution in [2.24, 2.45) is 0 Å². The summed E-state index contributed by atoms with van der Waals surface area (Å²) in [5, 5.41) is 6.35. The van der Waals surface area contributed by atoms with E-state index in [1.54, 1.807) is 6.07 Å². The van der Waals surface area contributed by atoms with E-state index in [1.165, 1.54) is 17.5 Å². The lowest BCUT2D eigenvalue weighted by molar-refractivity contribution is 0.191. The number of piperidine rings is 1. The first kappa shape index (κ1) is 18.2. The molecule has 0 unspecified atom stereocenters. The fraction of sp³-hybridized carbons (Fsp3) is 0.348. The van der Waals surface area contributed by atoms with Crippen molar-refractivity contribution in [2.45, 2.75) is 25.2 Å². The molecule has 0 radical (unpaired) electrons. The van der Waals surface area contributed by atoms with Gasteiger partial charge in [-0.3, -0.25) is 0 Å². The second-order valence-electron chi connectivity index (χ2n) is 7.72. The summed E-state index contributed by atoms with van der Waals surface area (Å²) in [6.07, 6.45) is 5.02. The van der Waals surface area contributed by atoms with Crippen molar-refractivity contribution in [3.05, 3.63) is 60.2 Å². The fourth-order valence-corrected chi connectivity index (χ4v) is 4.30. The van der Waals surface area contributed by atoms with Crippen molar-refractivity contribution in [1.29, 1.82) is 0 Å². The maximum absolute atomic E-state index is 13.3. The minimum atomic E-state index is -0.287. The third-order valence-electron chi connectivity index (χ3n) is 5.86. The quantitative estimate of drug-likeness (QED) is 0.463. The summed E-state index contributed by atoms with van der Waals surface area (Å²) in [5.41, 5.74) is 2.58. The van der Waals surface area contributed by atoms with Gasteiger partial charge in [0, 0.05) is 35.5 Å². The molecule has 150 valence electrons. The Bertz CT molecular complexity index is 1110. The number of fused-ring (bicyclic) bond motifs is 2. The van der Waals surface area contributed by atoms with E-state index in [9.17, 15) is 4.39 Å². The third-order valence-corrected chi connectivity index (χ3v) is 5.86. The van der Waals surface area contributed by atoms with Gasteiger partial charge in [0.15, 0.2) is 5.58 Å². The van der Waals surface area contributed by atoms with Gasteiger partial charge in [0.2, 0.25) is 0 Å². The molecule has 0 atom stereocenters.